The molecule has 2 atom stereocenters. The van der Waals surface area contributed by atoms with Gasteiger partial charge in [-0.1, -0.05) is 24.3 Å². The van der Waals surface area contributed by atoms with E-state index in [4.69, 9.17) is 4.74 Å². The van der Waals surface area contributed by atoms with Gasteiger partial charge in [0, 0.05) is 29.7 Å². The lowest BCUT2D eigenvalue weighted by molar-refractivity contribution is 0.149. The van der Waals surface area contributed by atoms with Crippen molar-refractivity contribution >= 4 is 0 Å². The largest absolute Gasteiger partial charge is 0.485 e. The summed E-state index contributed by atoms with van der Waals surface area (Å²) in [6, 6.07) is 11.0. The highest BCUT2D eigenvalue weighted by Crippen LogP contribution is 2.41. The maximum atomic E-state index is 13.9. The number of nitrogens with one attached hydrogen (secondary N) is 1. The number of halogens is 2. The first-order valence-corrected chi connectivity index (χ1v) is 6.57. The van der Waals surface area contributed by atoms with Crippen LogP contribution in [0, 0.1) is 11.6 Å². The summed E-state index contributed by atoms with van der Waals surface area (Å²) >= 11 is 0. The average molecular weight is 275 g/mol. The normalized spacial score (nSPS) is 21.1. The maximum absolute atomic E-state index is 13.9. The van der Waals surface area contributed by atoms with Crippen LogP contribution in [-0.2, 0) is 0 Å². The van der Waals surface area contributed by atoms with E-state index < -0.39 is 6.10 Å². The topological polar surface area (TPSA) is 21.3 Å². The quantitative estimate of drug-likeness (QED) is 0.901. The van der Waals surface area contributed by atoms with Crippen molar-refractivity contribution in [3.8, 4) is 5.75 Å². The van der Waals surface area contributed by atoms with E-state index in [2.05, 4.69) is 5.32 Å². The zero-order chi connectivity index (χ0) is 14.1. The molecule has 20 heavy (non-hydrogen) atoms. The van der Waals surface area contributed by atoms with Gasteiger partial charge in [0.15, 0.2) is 0 Å². The molecule has 2 unspecified atom stereocenters. The Labute approximate surface area is 116 Å². The van der Waals surface area contributed by atoms with Crippen LogP contribution in [0.2, 0.25) is 0 Å². The molecule has 1 N–H and O–H groups in total. The summed E-state index contributed by atoms with van der Waals surface area (Å²) in [5, 5.41) is 3.17. The van der Waals surface area contributed by atoms with Gasteiger partial charge in [0.2, 0.25) is 0 Å². The number of hydrogen-bond donors (Lipinski definition) is 1. The molecule has 1 aliphatic rings. The van der Waals surface area contributed by atoms with Gasteiger partial charge < -0.3 is 10.1 Å². The Kier molecular flexibility index (Phi) is 3.40. The molecule has 0 saturated heterocycles. The molecule has 0 radical (unpaired) electrons. The van der Waals surface area contributed by atoms with E-state index in [1.54, 1.807) is 24.3 Å². The first-order chi connectivity index (χ1) is 9.69. The number of ether oxygens (including phenoxy) is 1. The SMILES string of the molecule is CNC1CC(c2ccccc2F)Oc2cc(F)ccc21. The minimum Gasteiger partial charge on any atom is -0.485 e. The number of rotatable bonds is 2. The Morgan fingerprint density at radius 1 is 1.10 bits per heavy atom. The van der Waals surface area contributed by atoms with E-state index in [0.717, 1.165) is 5.56 Å². The number of benzene rings is 2. The zero-order valence-corrected chi connectivity index (χ0v) is 11.1. The third-order valence-corrected chi connectivity index (χ3v) is 3.67. The van der Waals surface area contributed by atoms with E-state index in [9.17, 15) is 8.78 Å². The first-order valence-electron chi connectivity index (χ1n) is 6.57. The highest BCUT2D eigenvalue weighted by molar-refractivity contribution is 5.40. The molecule has 0 fully saturated rings. The van der Waals surface area contributed by atoms with Crippen LogP contribution < -0.4 is 10.1 Å². The van der Waals surface area contributed by atoms with Gasteiger partial charge in [-0.05, 0) is 19.2 Å². The van der Waals surface area contributed by atoms with Crippen molar-refractivity contribution in [2.24, 2.45) is 0 Å². The van der Waals surface area contributed by atoms with E-state index in [1.807, 2.05) is 7.05 Å². The lowest BCUT2D eigenvalue weighted by atomic mass is 9.93. The van der Waals surface area contributed by atoms with E-state index in [1.165, 1.54) is 18.2 Å². The summed E-state index contributed by atoms with van der Waals surface area (Å²) in [5.41, 5.74) is 1.41. The molecule has 0 amide bonds. The first kappa shape index (κ1) is 13.1. The van der Waals surface area contributed by atoms with Gasteiger partial charge in [-0.25, -0.2) is 8.78 Å². The monoisotopic (exact) mass is 275 g/mol. The van der Waals surface area contributed by atoms with Gasteiger partial charge in [-0.2, -0.15) is 0 Å². The van der Waals surface area contributed by atoms with Crippen LogP contribution in [0.15, 0.2) is 42.5 Å². The second-order valence-electron chi connectivity index (χ2n) is 4.89. The summed E-state index contributed by atoms with van der Waals surface area (Å²) in [7, 11) is 1.83. The smallest absolute Gasteiger partial charge is 0.130 e. The maximum Gasteiger partial charge on any atom is 0.130 e. The third kappa shape index (κ3) is 2.27. The number of fused-ring (bicyclic) bond motifs is 1. The minimum absolute atomic E-state index is 0.0176. The average Bonchev–Trinajstić information content (AvgIpc) is 2.46. The summed E-state index contributed by atoms with van der Waals surface area (Å²) in [4.78, 5) is 0. The number of hydrogen-bond acceptors (Lipinski definition) is 2. The van der Waals surface area contributed by atoms with Crippen molar-refractivity contribution in [2.75, 3.05) is 7.05 Å². The Balaban J connectivity index is 2.00. The summed E-state index contributed by atoms with van der Waals surface area (Å²) < 4.78 is 33.0. The van der Waals surface area contributed by atoms with Crippen molar-refractivity contribution < 1.29 is 13.5 Å². The minimum atomic E-state index is -0.414. The zero-order valence-electron chi connectivity index (χ0n) is 11.1. The second kappa shape index (κ2) is 5.21. The van der Waals surface area contributed by atoms with E-state index in [0.29, 0.717) is 17.7 Å². The predicted octanol–water partition coefficient (Wildman–Crippen LogP) is 3.75. The Hall–Kier alpha value is -1.94. The lowest BCUT2D eigenvalue weighted by Gasteiger charge is -2.32. The van der Waals surface area contributed by atoms with Crippen LogP contribution in [0.4, 0.5) is 8.78 Å². The van der Waals surface area contributed by atoms with Crippen molar-refractivity contribution in [1.82, 2.24) is 5.32 Å². The van der Waals surface area contributed by atoms with Crippen molar-refractivity contribution in [1.29, 1.82) is 0 Å². The summed E-state index contributed by atoms with van der Waals surface area (Å²) in [6.45, 7) is 0. The molecule has 2 nitrogen and oxygen atoms in total. The standard InChI is InChI=1S/C16H15F2NO/c1-19-14-9-16(11-4-2-3-5-13(11)18)20-15-8-10(17)6-7-12(14)15/h2-8,14,16,19H,9H2,1H3. The van der Waals surface area contributed by atoms with Gasteiger partial charge in [0.1, 0.15) is 23.5 Å². The molecular formula is C16H15F2NO. The van der Waals surface area contributed by atoms with Crippen LogP contribution >= 0.6 is 0 Å². The molecule has 1 aliphatic heterocycles. The molecule has 1 heterocycles. The molecule has 104 valence electrons. The Morgan fingerprint density at radius 2 is 1.90 bits per heavy atom. The lowest BCUT2D eigenvalue weighted by Crippen LogP contribution is -2.27. The fourth-order valence-corrected chi connectivity index (χ4v) is 2.64. The van der Waals surface area contributed by atoms with Crippen LogP contribution in [-0.4, -0.2) is 7.05 Å². The fourth-order valence-electron chi connectivity index (χ4n) is 2.64. The fraction of sp³-hybridized carbons (Fsp3) is 0.250. The molecular weight excluding hydrogens is 260 g/mol. The Bertz CT molecular complexity index is 630. The molecule has 0 aliphatic carbocycles. The van der Waals surface area contributed by atoms with Crippen LogP contribution in [0.3, 0.4) is 0 Å². The highest BCUT2D eigenvalue weighted by atomic mass is 19.1. The Morgan fingerprint density at radius 3 is 2.65 bits per heavy atom. The highest BCUT2D eigenvalue weighted by Gasteiger charge is 2.30. The molecule has 4 heteroatoms. The molecule has 0 spiro atoms. The van der Waals surface area contributed by atoms with Crippen molar-refractivity contribution in [3.05, 3.63) is 65.2 Å². The third-order valence-electron chi connectivity index (χ3n) is 3.67. The van der Waals surface area contributed by atoms with Crippen LogP contribution in [0.25, 0.3) is 0 Å². The molecule has 0 bridgehead atoms. The van der Waals surface area contributed by atoms with Gasteiger partial charge in [-0.15, -0.1) is 0 Å². The van der Waals surface area contributed by atoms with Gasteiger partial charge in [0.05, 0.1) is 0 Å². The molecule has 2 aromatic rings. The molecule has 0 saturated carbocycles. The van der Waals surface area contributed by atoms with Crippen LogP contribution in [0.5, 0.6) is 5.75 Å². The van der Waals surface area contributed by atoms with Crippen LogP contribution in [0.1, 0.15) is 29.7 Å². The van der Waals surface area contributed by atoms with Gasteiger partial charge in [-0.3, -0.25) is 0 Å². The van der Waals surface area contributed by atoms with E-state index in [-0.39, 0.29) is 17.7 Å². The van der Waals surface area contributed by atoms with Gasteiger partial charge >= 0.3 is 0 Å². The predicted molar refractivity (Wildman–Crippen MR) is 72.6 cm³/mol. The van der Waals surface area contributed by atoms with Gasteiger partial charge in [0.25, 0.3) is 0 Å². The van der Waals surface area contributed by atoms with Crippen molar-refractivity contribution in [2.45, 2.75) is 18.6 Å². The molecule has 0 aromatic heterocycles. The summed E-state index contributed by atoms with van der Waals surface area (Å²) in [5.74, 6) is -0.177. The van der Waals surface area contributed by atoms with Crippen molar-refractivity contribution in [3.63, 3.8) is 0 Å². The summed E-state index contributed by atoms with van der Waals surface area (Å²) in [6.07, 6.45) is 0.193. The molecule has 3 rings (SSSR count). The van der Waals surface area contributed by atoms with E-state index >= 15 is 0 Å². The molecule has 2 aromatic carbocycles. The second-order valence-corrected chi connectivity index (χ2v) is 4.89.